The van der Waals surface area contributed by atoms with Gasteiger partial charge in [0.1, 0.15) is 0 Å². The molecule has 0 bridgehead atoms. The van der Waals surface area contributed by atoms with Gasteiger partial charge in [0, 0.05) is 12.8 Å². The van der Waals surface area contributed by atoms with Gasteiger partial charge in [-0.3, -0.25) is 0 Å². The summed E-state index contributed by atoms with van der Waals surface area (Å²) in [5, 5.41) is 9.90. The van der Waals surface area contributed by atoms with Gasteiger partial charge in [-0.15, -0.1) is 0 Å². The Bertz CT molecular complexity index is 126. The molecule has 0 amide bonds. The van der Waals surface area contributed by atoms with Crippen molar-refractivity contribution in [1.82, 2.24) is 0 Å². The van der Waals surface area contributed by atoms with Crippen LogP contribution in [0.4, 0.5) is 0 Å². The highest BCUT2D eigenvalue weighted by Gasteiger charge is 2.29. The molecule has 0 saturated heterocycles. The van der Waals surface area contributed by atoms with Crippen LogP contribution in [-0.2, 0) is 4.74 Å². The van der Waals surface area contributed by atoms with Crippen LogP contribution >= 0.6 is 0 Å². The molecule has 0 aromatic heterocycles. The summed E-state index contributed by atoms with van der Waals surface area (Å²) >= 11 is 0. The van der Waals surface area contributed by atoms with E-state index in [1.807, 2.05) is 0 Å². The Kier molecular flexibility index (Phi) is 3.53. The van der Waals surface area contributed by atoms with Crippen molar-refractivity contribution in [2.45, 2.75) is 51.7 Å². The predicted octanol–water partition coefficient (Wildman–Crippen LogP) is 2.31. The third-order valence-corrected chi connectivity index (χ3v) is 2.32. The second kappa shape index (κ2) is 4.24. The van der Waals surface area contributed by atoms with Crippen molar-refractivity contribution in [1.29, 1.82) is 0 Å². The zero-order valence-corrected chi connectivity index (χ0v) is 8.18. The molecule has 2 nitrogen and oxygen atoms in total. The van der Waals surface area contributed by atoms with Crippen molar-refractivity contribution in [2.24, 2.45) is 5.92 Å². The third kappa shape index (κ3) is 3.11. The van der Waals surface area contributed by atoms with E-state index in [4.69, 9.17) is 4.74 Å². The lowest BCUT2D eigenvalue weighted by molar-refractivity contribution is -0.224. The molecule has 0 unspecified atom stereocenters. The molecule has 0 heterocycles. The summed E-state index contributed by atoms with van der Waals surface area (Å²) in [5.74, 6) is -0.279. The quantitative estimate of drug-likeness (QED) is 0.662. The number of ether oxygens (including phenoxy) is 1. The highest BCUT2D eigenvalue weighted by atomic mass is 16.6. The van der Waals surface area contributed by atoms with Crippen LogP contribution in [0.25, 0.3) is 0 Å². The molecule has 1 fully saturated rings. The molecule has 0 atom stereocenters. The van der Waals surface area contributed by atoms with E-state index in [0.717, 1.165) is 25.7 Å². The number of hydrogen-bond donors (Lipinski definition) is 1. The summed E-state index contributed by atoms with van der Waals surface area (Å²) in [5.41, 5.74) is 0. The van der Waals surface area contributed by atoms with Crippen molar-refractivity contribution in [3.05, 3.63) is 0 Å². The first-order valence-electron chi connectivity index (χ1n) is 4.99. The smallest absolute Gasteiger partial charge is 0.165 e. The minimum atomic E-state index is -0.789. The van der Waals surface area contributed by atoms with Crippen LogP contribution in [0.2, 0.25) is 0 Å². The van der Waals surface area contributed by atoms with Gasteiger partial charge in [-0.25, -0.2) is 0 Å². The van der Waals surface area contributed by atoms with Gasteiger partial charge in [-0.05, 0) is 18.8 Å². The van der Waals surface area contributed by atoms with Crippen LogP contribution in [0.1, 0.15) is 46.0 Å². The maximum Gasteiger partial charge on any atom is 0.165 e. The summed E-state index contributed by atoms with van der Waals surface area (Å²) < 4.78 is 5.49. The number of rotatable bonds is 3. The zero-order chi connectivity index (χ0) is 9.03. The van der Waals surface area contributed by atoms with Gasteiger partial charge in [-0.1, -0.05) is 20.3 Å². The van der Waals surface area contributed by atoms with Gasteiger partial charge in [0.05, 0.1) is 6.61 Å². The molecular weight excluding hydrogens is 152 g/mol. The summed E-state index contributed by atoms with van der Waals surface area (Å²) in [6.07, 6.45) is 5.09. The minimum Gasteiger partial charge on any atom is -0.365 e. The molecule has 2 heteroatoms. The minimum absolute atomic E-state index is 0.510. The van der Waals surface area contributed by atoms with Crippen LogP contribution in [0, 0.1) is 5.92 Å². The molecule has 1 rings (SSSR count). The number of aliphatic hydroxyl groups is 1. The van der Waals surface area contributed by atoms with Crippen molar-refractivity contribution in [3.8, 4) is 0 Å². The first-order valence-corrected chi connectivity index (χ1v) is 4.99. The molecule has 0 aromatic carbocycles. The summed E-state index contributed by atoms with van der Waals surface area (Å²) in [6, 6.07) is 0. The first kappa shape index (κ1) is 10.0. The summed E-state index contributed by atoms with van der Waals surface area (Å²) in [6.45, 7) is 4.88. The van der Waals surface area contributed by atoms with Crippen LogP contribution < -0.4 is 0 Å². The van der Waals surface area contributed by atoms with E-state index >= 15 is 0 Å². The summed E-state index contributed by atoms with van der Waals surface area (Å²) in [4.78, 5) is 0. The Morgan fingerprint density at radius 3 is 2.33 bits per heavy atom. The Labute approximate surface area is 74.9 Å². The van der Waals surface area contributed by atoms with E-state index in [0.29, 0.717) is 12.5 Å². The van der Waals surface area contributed by atoms with Crippen LogP contribution in [0.15, 0.2) is 0 Å². The second-order valence-electron chi connectivity index (χ2n) is 4.21. The molecule has 1 N–H and O–H groups in total. The Hall–Kier alpha value is -0.0800. The molecule has 0 spiro atoms. The lowest BCUT2D eigenvalue weighted by atomic mass is 9.94. The Morgan fingerprint density at radius 1 is 1.25 bits per heavy atom. The predicted molar refractivity (Wildman–Crippen MR) is 48.8 cm³/mol. The molecule has 0 radical (unpaired) electrons. The van der Waals surface area contributed by atoms with Crippen LogP contribution in [0.3, 0.4) is 0 Å². The van der Waals surface area contributed by atoms with Crippen molar-refractivity contribution in [3.63, 3.8) is 0 Å². The van der Waals surface area contributed by atoms with Crippen LogP contribution in [0.5, 0.6) is 0 Å². The lowest BCUT2D eigenvalue weighted by Gasteiger charge is -2.32. The zero-order valence-electron chi connectivity index (χ0n) is 8.18. The van der Waals surface area contributed by atoms with Gasteiger partial charge >= 0.3 is 0 Å². The van der Waals surface area contributed by atoms with Crippen molar-refractivity contribution < 1.29 is 9.84 Å². The van der Waals surface area contributed by atoms with Gasteiger partial charge in [0.25, 0.3) is 0 Å². The van der Waals surface area contributed by atoms with Gasteiger partial charge in [-0.2, -0.15) is 0 Å². The standard InChI is InChI=1S/C10H20O2/c1-9(2)8-12-10(11)6-4-3-5-7-10/h9,11H,3-8H2,1-2H3. The average Bonchev–Trinajstić information content (AvgIpc) is 2.03. The molecule has 1 aliphatic carbocycles. The van der Waals surface area contributed by atoms with E-state index in [-0.39, 0.29) is 0 Å². The Balaban J connectivity index is 2.26. The molecule has 0 aliphatic heterocycles. The Morgan fingerprint density at radius 2 is 1.83 bits per heavy atom. The fourth-order valence-corrected chi connectivity index (χ4v) is 1.57. The topological polar surface area (TPSA) is 29.5 Å². The molecule has 1 saturated carbocycles. The van der Waals surface area contributed by atoms with Gasteiger partial charge in [0.15, 0.2) is 5.79 Å². The maximum absolute atomic E-state index is 9.90. The van der Waals surface area contributed by atoms with E-state index in [1.54, 1.807) is 0 Å². The van der Waals surface area contributed by atoms with Gasteiger partial charge < -0.3 is 9.84 Å². The molecular formula is C10H20O2. The molecule has 0 aromatic rings. The molecule has 72 valence electrons. The molecule has 1 aliphatic rings. The van der Waals surface area contributed by atoms with E-state index in [1.165, 1.54) is 6.42 Å². The molecule has 12 heavy (non-hydrogen) atoms. The van der Waals surface area contributed by atoms with E-state index < -0.39 is 5.79 Å². The fraction of sp³-hybridized carbons (Fsp3) is 1.00. The lowest BCUT2D eigenvalue weighted by Crippen LogP contribution is -2.35. The second-order valence-corrected chi connectivity index (χ2v) is 4.21. The van der Waals surface area contributed by atoms with Crippen LogP contribution in [-0.4, -0.2) is 17.5 Å². The first-order chi connectivity index (χ1) is 5.62. The van der Waals surface area contributed by atoms with Crippen molar-refractivity contribution >= 4 is 0 Å². The van der Waals surface area contributed by atoms with E-state index in [9.17, 15) is 5.11 Å². The largest absolute Gasteiger partial charge is 0.365 e. The highest BCUT2D eigenvalue weighted by molar-refractivity contribution is 4.72. The highest BCUT2D eigenvalue weighted by Crippen LogP contribution is 2.29. The maximum atomic E-state index is 9.90. The third-order valence-electron chi connectivity index (χ3n) is 2.32. The van der Waals surface area contributed by atoms with Crippen molar-refractivity contribution in [2.75, 3.05) is 6.61 Å². The normalized spacial score (nSPS) is 23.0. The summed E-state index contributed by atoms with van der Waals surface area (Å²) in [7, 11) is 0. The average molecular weight is 172 g/mol. The fourth-order valence-electron chi connectivity index (χ4n) is 1.57. The monoisotopic (exact) mass is 172 g/mol. The SMILES string of the molecule is CC(C)COC1(O)CCCCC1. The number of hydrogen-bond acceptors (Lipinski definition) is 2. The van der Waals surface area contributed by atoms with E-state index in [2.05, 4.69) is 13.8 Å². The van der Waals surface area contributed by atoms with Gasteiger partial charge in [0.2, 0.25) is 0 Å².